The Morgan fingerprint density at radius 2 is 1.92 bits per heavy atom. The number of piperidine rings is 1. The molecule has 2 aromatic rings. The van der Waals surface area contributed by atoms with Gasteiger partial charge in [0.25, 0.3) is 11.5 Å². The fourth-order valence-corrected chi connectivity index (χ4v) is 3.95. The van der Waals surface area contributed by atoms with E-state index < -0.39 is 0 Å². The van der Waals surface area contributed by atoms with Gasteiger partial charge in [-0.3, -0.25) is 9.59 Å². The first-order chi connectivity index (χ1) is 11.9. The molecule has 0 aliphatic carbocycles. The van der Waals surface area contributed by atoms with E-state index in [2.05, 4.69) is 34.3 Å². The fraction of sp³-hybridized carbons (Fsp3) is 0.526. The molecule has 6 heteroatoms. The van der Waals surface area contributed by atoms with Crippen LogP contribution >= 0.6 is 0 Å². The third kappa shape index (κ3) is 4.07. The first-order valence-corrected chi connectivity index (χ1v) is 8.94. The van der Waals surface area contributed by atoms with E-state index in [1.807, 2.05) is 6.92 Å². The molecule has 1 saturated heterocycles. The summed E-state index contributed by atoms with van der Waals surface area (Å²) in [5.41, 5.74) is -0.0149. The van der Waals surface area contributed by atoms with Crippen molar-refractivity contribution in [1.82, 2.24) is 20.4 Å². The van der Waals surface area contributed by atoms with Crippen molar-refractivity contribution < 1.29 is 4.79 Å². The van der Waals surface area contributed by atoms with Crippen molar-refractivity contribution in [2.24, 2.45) is 11.8 Å². The molecule has 2 heterocycles. The quantitative estimate of drug-likeness (QED) is 0.891. The van der Waals surface area contributed by atoms with E-state index in [-0.39, 0.29) is 23.2 Å². The molecule has 3 atom stereocenters. The molecular weight excluding hydrogens is 316 g/mol. The molecule has 1 amide bonds. The van der Waals surface area contributed by atoms with E-state index in [1.165, 1.54) is 6.42 Å². The van der Waals surface area contributed by atoms with Crippen LogP contribution in [0.2, 0.25) is 0 Å². The predicted molar refractivity (Wildman–Crippen MR) is 98.7 cm³/mol. The molecule has 6 nitrogen and oxygen atoms in total. The van der Waals surface area contributed by atoms with E-state index in [0.29, 0.717) is 22.6 Å². The number of fused-ring (bicyclic) bond motifs is 1. The molecule has 2 N–H and O–H groups in total. The number of carbonyl (C=O) groups excluding carboxylic acids is 1. The highest BCUT2D eigenvalue weighted by atomic mass is 16.2. The van der Waals surface area contributed by atoms with E-state index in [0.717, 1.165) is 19.6 Å². The van der Waals surface area contributed by atoms with Gasteiger partial charge >= 0.3 is 0 Å². The molecule has 1 aromatic heterocycles. The topological polar surface area (TPSA) is 78.1 Å². The zero-order chi connectivity index (χ0) is 18.0. The smallest absolute Gasteiger partial charge is 0.272 e. The van der Waals surface area contributed by atoms with Crippen LogP contribution in [0.4, 0.5) is 0 Å². The Labute approximate surface area is 147 Å². The molecule has 3 unspecified atom stereocenters. The average Bonchev–Trinajstić information content (AvgIpc) is 2.54. The van der Waals surface area contributed by atoms with Gasteiger partial charge in [0, 0.05) is 31.1 Å². The largest absolute Gasteiger partial charge is 0.347 e. The molecule has 1 aromatic carbocycles. The Morgan fingerprint density at radius 1 is 1.28 bits per heavy atom. The number of aromatic nitrogens is 2. The van der Waals surface area contributed by atoms with Gasteiger partial charge in [-0.05, 0) is 31.2 Å². The Morgan fingerprint density at radius 3 is 2.60 bits per heavy atom. The molecule has 134 valence electrons. The molecule has 0 saturated carbocycles. The lowest BCUT2D eigenvalue weighted by Gasteiger charge is -2.36. The number of hydrogen-bond acceptors (Lipinski definition) is 4. The lowest BCUT2D eigenvalue weighted by atomic mass is 9.92. The highest BCUT2D eigenvalue weighted by Gasteiger charge is 2.24. The maximum absolute atomic E-state index is 12.6. The number of carbonyl (C=O) groups is 1. The zero-order valence-corrected chi connectivity index (χ0v) is 15.1. The Kier molecular flexibility index (Phi) is 5.18. The minimum Gasteiger partial charge on any atom is -0.347 e. The molecule has 3 rings (SSSR count). The highest BCUT2D eigenvalue weighted by Crippen LogP contribution is 2.21. The number of amides is 1. The number of aromatic amines is 1. The first-order valence-electron chi connectivity index (χ1n) is 8.94. The first kappa shape index (κ1) is 17.6. The summed E-state index contributed by atoms with van der Waals surface area (Å²) >= 11 is 0. The lowest BCUT2D eigenvalue weighted by molar-refractivity contribution is 0.0901. The number of hydrogen-bond donors (Lipinski definition) is 2. The van der Waals surface area contributed by atoms with Crippen LogP contribution in [-0.4, -0.2) is 46.7 Å². The van der Waals surface area contributed by atoms with Gasteiger partial charge in [-0.2, -0.15) is 5.10 Å². The fourth-order valence-electron chi connectivity index (χ4n) is 3.95. The van der Waals surface area contributed by atoms with Gasteiger partial charge in [0.15, 0.2) is 5.69 Å². The van der Waals surface area contributed by atoms with Crippen molar-refractivity contribution in [3.8, 4) is 0 Å². The van der Waals surface area contributed by atoms with Gasteiger partial charge in [-0.1, -0.05) is 32.0 Å². The van der Waals surface area contributed by atoms with Gasteiger partial charge in [-0.15, -0.1) is 0 Å². The van der Waals surface area contributed by atoms with Crippen LogP contribution in [0.5, 0.6) is 0 Å². The van der Waals surface area contributed by atoms with Gasteiger partial charge in [0.1, 0.15) is 0 Å². The maximum atomic E-state index is 12.6. The number of benzene rings is 1. The lowest BCUT2D eigenvalue weighted by Crippen LogP contribution is -2.47. The molecule has 25 heavy (non-hydrogen) atoms. The van der Waals surface area contributed by atoms with Crippen LogP contribution in [0, 0.1) is 11.8 Å². The Bertz CT molecular complexity index is 806. The molecule has 0 bridgehead atoms. The van der Waals surface area contributed by atoms with E-state index in [9.17, 15) is 9.59 Å². The Hall–Kier alpha value is -2.21. The molecule has 1 fully saturated rings. The average molecular weight is 342 g/mol. The van der Waals surface area contributed by atoms with Crippen molar-refractivity contribution >= 4 is 16.7 Å². The minimum atomic E-state index is -0.281. The summed E-state index contributed by atoms with van der Waals surface area (Å²) in [7, 11) is 0. The predicted octanol–water partition coefficient (Wildman–Crippen LogP) is 2.02. The monoisotopic (exact) mass is 342 g/mol. The van der Waals surface area contributed by atoms with Crippen molar-refractivity contribution in [1.29, 1.82) is 0 Å². The summed E-state index contributed by atoms with van der Waals surface area (Å²) in [6, 6.07) is 7.05. The second-order valence-electron chi connectivity index (χ2n) is 7.49. The summed E-state index contributed by atoms with van der Waals surface area (Å²) in [5.74, 6) is 1.13. The molecule has 0 radical (unpaired) electrons. The SMILES string of the molecule is CC1CC(C)CN(CC(C)NC(=O)c2n[nH]c(=O)c3ccccc23)C1. The van der Waals surface area contributed by atoms with Crippen LogP contribution < -0.4 is 10.9 Å². The van der Waals surface area contributed by atoms with Crippen LogP contribution in [0.25, 0.3) is 10.8 Å². The second kappa shape index (κ2) is 7.35. The van der Waals surface area contributed by atoms with E-state index >= 15 is 0 Å². The molecular formula is C19H26N4O2. The number of nitrogens with zero attached hydrogens (tertiary/aromatic N) is 2. The van der Waals surface area contributed by atoms with Crippen molar-refractivity contribution in [2.45, 2.75) is 33.2 Å². The van der Waals surface area contributed by atoms with Crippen molar-refractivity contribution in [3.63, 3.8) is 0 Å². The van der Waals surface area contributed by atoms with Crippen LogP contribution in [-0.2, 0) is 0 Å². The number of H-pyrrole nitrogens is 1. The molecule has 1 aliphatic heterocycles. The normalized spacial score (nSPS) is 22.7. The van der Waals surface area contributed by atoms with Crippen molar-refractivity contribution in [3.05, 3.63) is 40.3 Å². The third-order valence-electron chi connectivity index (χ3n) is 4.77. The number of nitrogens with one attached hydrogen (secondary N) is 2. The number of likely N-dealkylation sites (tertiary alicyclic amines) is 1. The van der Waals surface area contributed by atoms with E-state index in [4.69, 9.17) is 0 Å². The third-order valence-corrected chi connectivity index (χ3v) is 4.77. The standard InChI is InChI=1S/C19H26N4O2/c1-12-8-13(2)10-23(9-12)11-14(3)20-19(25)17-15-6-4-5-7-16(15)18(24)22-21-17/h4-7,12-14H,8-11H2,1-3H3,(H,20,25)(H,22,24). The summed E-state index contributed by atoms with van der Waals surface area (Å²) < 4.78 is 0. The van der Waals surface area contributed by atoms with Crippen LogP contribution in [0.15, 0.2) is 29.1 Å². The van der Waals surface area contributed by atoms with Crippen LogP contribution in [0.3, 0.4) is 0 Å². The van der Waals surface area contributed by atoms with Gasteiger partial charge in [-0.25, -0.2) is 5.10 Å². The molecule has 0 spiro atoms. The summed E-state index contributed by atoms with van der Waals surface area (Å²) in [6.45, 7) is 9.54. The zero-order valence-electron chi connectivity index (χ0n) is 15.1. The summed E-state index contributed by atoms with van der Waals surface area (Å²) in [5, 5.41) is 10.5. The van der Waals surface area contributed by atoms with Crippen molar-refractivity contribution in [2.75, 3.05) is 19.6 Å². The maximum Gasteiger partial charge on any atom is 0.272 e. The Balaban J connectivity index is 1.70. The second-order valence-corrected chi connectivity index (χ2v) is 7.49. The van der Waals surface area contributed by atoms with E-state index in [1.54, 1.807) is 24.3 Å². The summed E-state index contributed by atoms with van der Waals surface area (Å²) in [4.78, 5) is 26.9. The summed E-state index contributed by atoms with van der Waals surface area (Å²) in [6.07, 6.45) is 1.27. The van der Waals surface area contributed by atoms with Crippen LogP contribution in [0.1, 0.15) is 37.7 Å². The minimum absolute atomic E-state index is 0.0116. The van der Waals surface area contributed by atoms with Gasteiger partial charge in [0.05, 0.1) is 5.39 Å². The van der Waals surface area contributed by atoms with Gasteiger partial charge in [0.2, 0.25) is 0 Å². The molecule has 1 aliphatic rings. The number of rotatable bonds is 4. The highest BCUT2D eigenvalue weighted by molar-refractivity contribution is 6.04. The van der Waals surface area contributed by atoms with Gasteiger partial charge < -0.3 is 10.2 Å².